The lowest BCUT2D eigenvalue weighted by molar-refractivity contribution is 0.0601. The number of alkyl halides is 1. The van der Waals surface area contributed by atoms with Gasteiger partial charge in [-0.2, -0.15) is 0 Å². The molecule has 1 rings (SSSR count). The van der Waals surface area contributed by atoms with E-state index in [4.69, 9.17) is 17.3 Å². The number of esters is 1. The number of hydrogen-bond donors (Lipinski definition) is 1. The highest BCUT2D eigenvalue weighted by molar-refractivity contribution is 6.34. The average molecular weight is 242 g/mol. The largest absolute Gasteiger partial charge is 0.465 e. The molecule has 0 aromatic heterocycles. The molecule has 0 fully saturated rings. The molecular weight excluding hydrogens is 230 g/mol. The molecule has 1 aromatic rings. The predicted molar refractivity (Wildman–Crippen MR) is 61.8 cm³/mol. The molecule has 5 heteroatoms. The maximum Gasteiger partial charge on any atom is 0.337 e. The SMILES string of the molecule is COC(=O)c1ccc(N)c(C(=O)C(C)Cl)c1. The number of carbonyl (C=O) groups is 2. The van der Waals surface area contributed by atoms with Crippen LogP contribution in [0.1, 0.15) is 27.6 Å². The molecule has 16 heavy (non-hydrogen) atoms. The van der Waals surface area contributed by atoms with Crippen molar-refractivity contribution in [1.82, 2.24) is 0 Å². The highest BCUT2D eigenvalue weighted by Crippen LogP contribution is 2.18. The number of nitrogen functional groups attached to an aromatic ring is 1. The molecule has 1 unspecified atom stereocenters. The average Bonchev–Trinajstić information content (AvgIpc) is 2.27. The number of halogens is 1. The highest BCUT2D eigenvalue weighted by atomic mass is 35.5. The van der Waals surface area contributed by atoms with Crippen LogP contribution in [-0.4, -0.2) is 24.2 Å². The Labute approximate surface area is 98.3 Å². The molecule has 0 amide bonds. The second-order valence-electron chi connectivity index (χ2n) is 3.27. The summed E-state index contributed by atoms with van der Waals surface area (Å²) in [6.07, 6.45) is 0. The Kier molecular flexibility index (Phi) is 3.90. The Bertz CT molecular complexity index is 429. The van der Waals surface area contributed by atoms with E-state index >= 15 is 0 Å². The van der Waals surface area contributed by atoms with Gasteiger partial charge in [-0.1, -0.05) is 0 Å². The lowest BCUT2D eigenvalue weighted by atomic mass is 10.0. The third kappa shape index (κ3) is 2.52. The molecule has 0 radical (unpaired) electrons. The minimum absolute atomic E-state index is 0.241. The van der Waals surface area contributed by atoms with E-state index in [2.05, 4.69) is 4.74 Å². The van der Waals surface area contributed by atoms with Gasteiger partial charge in [0, 0.05) is 11.3 Å². The summed E-state index contributed by atoms with van der Waals surface area (Å²) < 4.78 is 4.55. The monoisotopic (exact) mass is 241 g/mol. The van der Waals surface area contributed by atoms with E-state index in [0.717, 1.165) is 0 Å². The van der Waals surface area contributed by atoms with Crippen LogP contribution in [0.5, 0.6) is 0 Å². The summed E-state index contributed by atoms with van der Waals surface area (Å²) in [5, 5.41) is -0.685. The molecule has 0 saturated heterocycles. The zero-order valence-electron chi connectivity index (χ0n) is 8.99. The van der Waals surface area contributed by atoms with Crippen molar-refractivity contribution in [2.75, 3.05) is 12.8 Å². The molecule has 0 aliphatic rings. The Morgan fingerprint density at radius 3 is 2.56 bits per heavy atom. The summed E-state index contributed by atoms with van der Waals surface area (Å²) in [4.78, 5) is 22.9. The Hall–Kier alpha value is -1.55. The smallest absolute Gasteiger partial charge is 0.337 e. The molecule has 1 atom stereocenters. The van der Waals surface area contributed by atoms with Crippen molar-refractivity contribution in [3.05, 3.63) is 29.3 Å². The number of ketones is 1. The number of hydrogen-bond acceptors (Lipinski definition) is 4. The van der Waals surface area contributed by atoms with Gasteiger partial charge in [-0.25, -0.2) is 4.79 Å². The van der Waals surface area contributed by atoms with Crippen molar-refractivity contribution >= 4 is 29.0 Å². The van der Waals surface area contributed by atoms with Gasteiger partial charge in [-0.3, -0.25) is 4.79 Å². The van der Waals surface area contributed by atoms with Gasteiger partial charge >= 0.3 is 5.97 Å². The number of ether oxygens (including phenoxy) is 1. The summed E-state index contributed by atoms with van der Waals surface area (Å²) in [5.41, 5.74) is 6.45. The molecule has 2 N–H and O–H groups in total. The van der Waals surface area contributed by atoms with Gasteiger partial charge in [0.15, 0.2) is 5.78 Å². The van der Waals surface area contributed by atoms with E-state index in [0.29, 0.717) is 5.69 Å². The number of carbonyl (C=O) groups excluding carboxylic acids is 2. The fourth-order valence-electron chi connectivity index (χ4n) is 1.23. The summed E-state index contributed by atoms with van der Waals surface area (Å²) in [7, 11) is 1.27. The van der Waals surface area contributed by atoms with Crippen molar-refractivity contribution in [3.63, 3.8) is 0 Å². The van der Waals surface area contributed by atoms with E-state index in [-0.39, 0.29) is 16.9 Å². The van der Waals surface area contributed by atoms with Gasteiger partial charge in [0.05, 0.1) is 18.1 Å². The molecule has 0 spiro atoms. The molecule has 0 bridgehead atoms. The van der Waals surface area contributed by atoms with Crippen LogP contribution in [0.4, 0.5) is 5.69 Å². The molecule has 0 aliphatic heterocycles. The normalized spacial score (nSPS) is 11.9. The summed E-state index contributed by atoms with van der Waals surface area (Å²) >= 11 is 5.68. The van der Waals surface area contributed by atoms with Crippen molar-refractivity contribution < 1.29 is 14.3 Å². The van der Waals surface area contributed by atoms with E-state index in [1.54, 1.807) is 6.92 Å². The van der Waals surface area contributed by atoms with E-state index in [1.165, 1.54) is 25.3 Å². The maximum absolute atomic E-state index is 11.7. The van der Waals surface area contributed by atoms with Crippen LogP contribution in [0.2, 0.25) is 0 Å². The number of methoxy groups -OCH3 is 1. The van der Waals surface area contributed by atoms with Gasteiger partial charge in [-0.15, -0.1) is 11.6 Å². The van der Waals surface area contributed by atoms with Crippen LogP contribution in [-0.2, 0) is 4.74 Å². The number of Topliss-reactive ketones (excluding diaryl/α,β-unsaturated/α-hetero) is 1. The molecule has 4 nitrogen and oxygen atoms in total. The number of anilines is 1. The zero-order chi connectivity index (χ0) is 12.3. The Morgan fingerprint density at radius 2 is 2.06 bits per heavy atom. The van der Waals surface area contributed by atoms with Crippen molar-refractivity contribution in [2.24, 2.45) is 0 Å². The van der Waals surface area contributed by atoms with Gasteiger partial charge in [0.2, 0.25) is 0 Å². The third-order valence-electron chi connectivity index (χ3n) is 2.10. The molecule has 0 heterocycles. The Balaban J connectivity index is 3.18. The van der Waals surface area contributed by atoms with Crippen LogP contribution in [0.15, 0.2) is 18.2 Å². The highest BCUT2D eigenvalue weighted by Gasteiger charge is 2.17. The summed E-state index contributed by atoms with van der Waals surface area (Å²) in [6, 6.07) is 4.37. The second kappa shape index (κ2) is 4.99. The minimum Gasteiger partial charge on any atom is -0.465 e. The van der Waals surface area contributed by atoms with Gasteiger partial charge < -0.3 is 10.5 Å². The molecule has 86 valence electrons. The third-order valence-corrected chi connectivity index (χ3v) is 2.30. The quantitative estimate of drug-likeness (QED) is 0.380. The van der Waals surface area contributed by atoms with E-state index in [9.17, 15) is 9.59 Å². The fraction of sp³-hybridized carbons (Fsp3) is 0.273. The lowest BCUT2D eigenvalue weighted by Gasteiger charge is -2.08. The first-order valence-electron chi connectivity index (χ1n) is 4.63. The van der Waals surface area contributed by atoms with Crippen molar-refractivity contribution in [1.29, 1.82) is 0 Å². The zero-order valence-corrected chi connectivity index (χ0v) is 9.75. The first-order chi connectivity index (χ1) is 7.47. The standard InChI is InChI=1S/C11H12ClNO3/c1-6(12)10(14)8-5-7(11(15)16-2)3-4-9(8)13/h3-6H,13H2,1-2H3. The van der Waals surface area contributed by atoms with Crippen LogP contribution in [0, 0.1) is 0 Å². The van der Waals surface area contributed by atoms with Crippen LogP contribution < -0.4 is 5.73 Å². The van der Waals surface area contributed by atoms with Gasteiger partial charge in [0.25, 0.3) is 0 Å². The topological polar surface area (TPSA) is 69.4 Å². The molecular formula is C11H12ClNO3. The maximum atomic E-state index is 11.7. The van der Waals surface area contributed by atoms with Gasteiger partial charge in [-0.05, 0) is 25.1 Å². The number of rotatable bonds is 3. The van der Waals surface area contributed by atoms with Crippen LogP contribution in [0.25, 0.3) is 0 Å². The second-order valence-corrected chi connectivity index (χ2v) is 3.93. The van der Waals surface area contributed by atoms with Crippen molar-refractivity contribution in [3.8, 4) is 0 Å². The first kappa shape index (κ1) is 12.5. The van der Waals surface area contributed by atoms with Crippen molar-refractivity contribution in [2.45, 2.75) is 12.3 Å². The van der Waals surface area contributed by atoms with E-state index < -0.39 is 11.3 Å². The summed E-state index contributed by atoms with van der Waals surface area (Å²) in [6.45, 7) is 1.55. The fourth-order valence-corrected chi connectivity index (χ4v) is 1.35. The van der Waals surface area contributed by atoms with Crippen LogP contribution in [0.3, 0.4) is 0 Å². The summed E-state index contributed by atoms with van der Waals surface area (Å²) in [5.74, 6) is -0.832. The van der Waals surface area contributed by atoms with Gasteiger partial charge in [0.1, 0.15) is 0 Å². The minimum atomic E-state index is -0.685. The number of nitrogens with two attached hydrogens (primary N) is 1. The lowest BCUT2D eigenvalue weighted by Crippen LogP contribution is -2.14. The number of benzene rings is 1. The first-order valence-corrected chi connectivity index (χ1v) is 5.07. The molecule has 0 saturated carbocycles. The van der Waals surface area contributed by atoms with Crippen LogP contribution >= 0.6 is 11.6 Å². The molecule has 0 aliphatic carbocycles. The molecule has 1 aromatic carbocycles. The Morgan fingerprint density at radius 1 is 1.44 bits per heavy atom. The predicted octanol–water partition coefficient (Wildman–Crippen LogP) is 1.87. The van der Waals surface area contributed by atoms with E-state index in [1.807, 2.05) is 0 Å².